The molecule has 24 heavy (non-hydrogen) atoms. The fourth-order valence-corrected chi connectivity index (χ4v) is 2.88. The zero-order valence-electron chi connectivity index (χ0n) is 13.3. The lowest BCUT2D eigenvalue weighted by Gasteiger charge is -2.05. The van der Waals surface area contributed by atoms with Crippen LogP contribution < -0.4 is 5.32 Å². The number of rotatable bonds is 7. The van der Waals surface area contributed by atoms with Gasteiger partial charge in [-0.15, -0.1) is 11.3 Å². The van der Waals surface area contributed by atoms with Gasteiger partial charge in [0.25, 0.3) is 5.91 Å². The maximum atomic E-state index is 11.6. The van der Waals surface area contributed by atoms with Crippen LogP contribution in [0.5, 0.6) is 0 Å². The number of amides is 1. The Morgan fingerprint density at radius 2 is 2.00 bits per heavy atom. The lowest BCUT2D eigenvalue weighted by Crippen LogP contribution is -2.30. The second-order valence-electron chi connectivity index (χ2n) is 5.14. The van der Waals surface area contributed by atoms with E-state index in [-0.39, 0.29) is 12.5 Å². The van der Waals surface area contributed by atoms with Crippen LogP contribution in [-0.4, -0.2) is 25.0 Å². The molecule has 0 aliphatic heterocycles. The first-order valence-corrected chi connectivity index (χ1v) is 8.70. The number of esters is 1. The van der Waals surface area contributed by atoms with Gasteiger partial charge in [0.2, 0.25) is 0 Å². The van der Waals surface area contributed by atoms with Crippen LogP contribution in [0.3, 0.4) is 0 Å². The highest BCUT2D eigenvalue weighted by atomic mass is 35.5. The summed E-state index contributed by atoms with van der Waals surface area (Å²) >= 11 is 7.35. The Morgan fingerprint density at radius 1 is 1.25 bits per heavy atom. The number of carbonyl (C=O) groups excluding carboxylic acids is 2. The summed E-state index contributed by atoms with van der Waals surface area (Å²) in [5, 5.41) is 5.34. The first kappa shape index (κ1) is 18.2. The summed E-state index contributed by atoms with van der Waals surface area (Å²) in [6.45, 7) is 2.16. The third kappa shape index (κ3) is 6.18. The van der Waals surface area contributed by atoms with Crippen LogP contribution in [0.4, 0.5) is 0 Å². The van der Waals surface area contributed by atoms with Gasteiger partial charge in [-0.1, -0.05) is 23.7 Å². The number of benzene rings is 1. The molecule has 0 spiro atoms. The fraction of sp³-hybridized carbons (Fsp3) is 0.222. The molecule has 1 amide bonds. The average Bonchev–Trinajstić information content (AvgIpc) is 2.98. The summed E-state index contributed by atoms with van der Waals surface area (Å²) in [5.74, 6) is -0.853. The molecule has 0 saturated carbocycles. The van der Waals surface area contributed by atoms with Gasteiger partial charge in [-0.2, -0.15) is 0 Å². The van der Waals surface area contributed by atoms with E-state index < -0.39 is 5.97 Å². The molecular formula is C18H18ClNO3S. The zero-order chi connectivity index (χ0) is 17.4. The highest BCUT2D eigenvalue weighted by Gasteiger charge is 2.05. The molecule has 0 bridgehead atoms. The summed E-state index contributed by atoms with van der Waals surface area (Å²) in [6.07, 6.45) is 3.72. The van der Waals surface area contributed by atoms with Crippen molar-refractivity contribution in [2.24, 2.45) is 0 Å². The number of halogens is 1. The lowest BCUT2D eigenvalue weighted by atomic mass is 10.1. The van der Waals surface area contributed by atoms with Crippen molar-refractivity contribution in [3.8, 4) is 0 Å². The molecular weight excluding hydrogens is 346 g/mol. The fourth-order valence-electron chi connectivity index (χ4n) is 1.93. The molecule has 0 atom stereocenters. The molecule has 0 unspecified atom stereocenters. The summed E-state index contributed by atoms with van der Waals surface area (Å²) in [7, 11) is 0. The minimum atomic E-state index is -0.532. The lowest BCUT2D eigenvalue weighted by molar-refractivity contribution is -0.143. The third-order valence-electron chi connectivity index (χ3n) is 3.27. The van der Waals surface area contributed by atoms with Gasteiger partial charge in [0.15, 0.2) is 6.61 Å². The van der Waals surface area contributed by atoms with E-state index in [0.717, 1.165) is 16.0 Å². The number of nitrogens with one attached hydrogen (secondary N) is 1. The van der Waals surface area contributed by atoms with E-state index in [1.807, 2.05) is 42.6 Å². The van der Waals surface area contributed by atoms with Crippen molar-refractivity contribution in [1.82, 2.24) is 5.32 Å². The topological polar surface area (TPSA) is 55.4 Å². The van der Waals surface area contributed by atoms with Crippen molar-refractivity contribution in [3.05, 3.63) is 62.8 Å². The van der Waals surface area contributed by atoms with Gasteiger partial charge in [-0.3, -0.25) is 4.79 Å². The smallest absolute Gasteiger partial charge is 0.331 e. The standard InChI is InChI=1S/C18H18ClNO3S/c1-13-9-11-24-16(13)6-7-18(22)23-12-17(21)20-10-8-14-2-4-15(19)5-3-14/h2-7,9,11H,8,10,12H2,1H3,(H,20,21)/b7-6+. The summed E-state index contributed by atoms with van der Waals surface area (Å²) < 4.78 is 4.91. The number of ether oxygens (including phenoxy) is 1. The van der Waals surface area contributed by atoms with Gasteiger partial charge in [-0.05, 0) is 54.1 Å². The van der Waals surface area contributed by atoms with Crippen LogP contribution >= 0.6 is 22.9 Å². The Morgan fingerprint density at radius 3 is 2.67 bits per heavy atom. The zero-order valence-corrected chi connectivity index (χ0v) is 14.8. The number of thiophene rings is 1. The maximum Gasteiger partial charge on any atom is 0.331 e. The van der Waals surface area contributed by atoms with Gasteiger partial charge < -0.3 is 10.1 Å². The predicted octanol–water partition coefficient (Wildman–Crippen LogP) is 3.63. The molecule has 1 N–H and O–H groups in total. The van der Waals surface area contributed by atoms with E-state index in [1.165, 1.54) is 6.08 Å². The maximum absolute atomic E-state index is 11.6. The van der Waals surface area contributed by atoms with Gasteiger partial charge in [0.1, 0.15) is 0 Å². The second kappa shape index (κ2) is 9.25. The number of aryl methyl sites for hydroxylation is 1. The Hall–Kier alpha value is -2.11. The van der Waals surface area contributed by atoms with Gasteiger partial charge in [0, 0.05) is 22.5 Å². The molecule has 0 aliphatic carbocycles. The van der Waals surface area contributed by atoms with Gasteiger partial charge >= 0.3 is 5.97 Å². The Kier molecular flexibility index (Phi) is 7.03. The van der Waals surface area contributed by atoms with Crippen molar-refractivity contribution in [3.63, 3.8) is 0 Å². The second-order valence-corrected chi connectivity index (χ2v) is 6.52. The van der Waals surface area contributed by atoms with Crippen molar-refractivity contribution in [1.29, 1.82) is 0 Å². The van der Waals surface area contributed by atoms with Crippen molar-refractivity contribution in [2.75, 3.05) is 13.2 Å². The quantitative estimate of drug-likeness (QED) is 0.603. The molecule has 4 nitrogen and oxygen atoms in total. The van der Waals surface area contributed by atoms with E-state index in [1.54, 1.807) is 17.4 Å². The third-order valence-corrected chi connectivity index (χ3v) is 4.50. The largest absolute Gasteiger partial charge is 0.452 e. The SMILES string of the molecule is Cc1ccsc1/C=C/C(=O)OCC(=O)NCCc1ccc(Cl)cc1. The highest BCUT2D eigenvalue weighted by Crippen LogP contribution is 2.16. The molecule has 126 valence electrons. The first-order valence-electron chi connectivity index (χ1n) is 7.44. The van der Waals surface area contributed by atoms with E-state index >= 15 is 0 Å². The van der Waals surface area contributed by atoms with Crippen molar-refractivity contribution >= 4 is 40.9 Å². The van der Waals surface area contributed by atoms with Crippen LogP contribution in [-0.2, 0) is 20.7 Å². The Bertz CT molecular complexity index is 722. The normalized spacial score (nSPS) is 10.8. The number of carbonyl (C=O) groups is 2. The first-order chi connectivity index (χ1) is 11.5. The van der Waals surface area contributed by atoms with Crippen LogP contribution in [0.25, 0.3) is 6.08 Å². The molecule has 2 rings (SSSR count). The summed E-state index contributed by atoms with van der Waals surface area (Å²) in [4.78, 5) is 24.2. The molecule has 1 aromatic carbocycles. The minimum absolute atomic E-state index is 0.285. The number of hydrogen-bond acceptors (Lipinski definition) is 4. The van der Waals surface area contributed by atoms with Crippen LogP contribution in [0.15, 0.2) is 41.8 Å². The Labute approximate surface area is 150 Å². The molecule has 0 fully saturated rings. The van der Waals surface area contributed by atoms with E-state index in [4.69, 9.17) is 16.3 Å². The molecule has 0 saturated heterocycles. The van der Waals surface area contributed by atoms with Crippen molar-refractivity contribution in [2.45, 2.75) is 13.3 Å². The Balaban J connectivity index is 1.65. The van der Waals surface area contributed by atoms with E-state index in [9.17, 15) is 9.59 Å². The summed E-state index contributed by atoms with van der Waals surface area (Å²) in [6, 6.07) is 9.41. The highest BCUT2D eigenvalue weighted by molar-refractivity contribution is 7.11. The van der Waals surface area contributed by atoms with Crippen LogP contribution in [0.1, 0.15) is 16.0 Å². The summed E-state index contributed by atoms with van der Waals surface area (Å²) in [5.41, 5.74) is 2.18. The molecule has 1 heterocycles. The minimum Gasteiger partial charge on any atom is -0.452 e. The molecule has 0 radical (unpaired) electrons. The predicted molar refractivity (Wildman–Crippen MR) is 97.2 cm³/mol. The van der Waals surface area contributed by atoms with E-state index in [0.29, 0.717) is 18.0 Å². The number of hydrogen-bond donors (Lipinski definition) is 1. The van der Waals surface area contributed by atoms with Crippen LogP contribution in [0.2, 0.25) is 5.02 Å². The van der Waals surface area contributed by atoms with Gasteiger partial charge in [-0.25, -0.2) is 4.79 Å². The molecule has 6 heteroatoms. The monoisotopic (exact) mass is 363 g/mol. The van der Waals surface area contributed by atoms with Gasteiger partial charge in [0.05, 0.1) is 0 Å². The molecule has 2 aromatic rings. The molecule has 1 aromatic heterocycles. The molecule has 0 aliphatic rings. The van der Waals surface area contributed by atoms with E-state index in [2.05, 4.69) is 5.32 Å². The average molecular weight is 364 g/mol. The van der Waals surface area contributed by atoms with Crippen molar-refractivity contribution < 1.29 is 14.3 Å². The van der Waals surface area contributed by atoms with Crippen LogP contribution in [0, 0.1) is 6.92 Å².